The lowest BCUT2D eigenvalue weighted by atomic mass is 10.2. The summed E-state index contributed by atoms with van der Waals surface area (Å²) in [4.78, 5) is 15.7. The Balaban J connectivity index is 2.49. The van der Waals surface area contributed by atoms with Crippen molar-refractivity contribution in [2.24, 2.45) is 0 Å². The van der Waals surface area contributed by atoms with Gasteiger partial charge in [0.1, 0.15) is 11.3 Å². The van der Waals surface area contributed by atoms with Crippen LogP contribution in [0.2, 0.25) is 0 Å². The summed E-state index contributed by atoms with van der Waals surface area (Å²) in [6, 6.07) is 5.22. The second-order valence-corrected chi connectivity index (χ2v) is 4.44. The minimum absolute atomic E-state index is 0.175. The number of aryl methyl sites for hydroxylation is 2. The molecule has 0 bridgehead atoms. The average Bonchev–Trinajstić information content (AvgIpc) is 2.77. The van der Waals surface area contributed by atoms with Crippen LogP contribution in [0.3, 0.4) is 0 Å². The summed E-state index contributed by atoms with van der Waals surface area (Å²) in [7, 11) is 0. The van der Waals surface area contributed by atoms with E-state index in [2.05, 4.69) is 9.55 Å². The third kappa shape index (κ3) is 2.61. The van der Waals surface area contributed by atoms with Crippen molar-refractivity contribution in [3.05, 3.63) is 29.6 Å². The van der Waals surface area contributed by atoms with Crippen LogP contribution in [0.4, 0.5) is 0 Å². The van der Waals surface area contributed by atoms with Gasteiger partial charge in [0, 0.05) is 19.6 Å². The van der Waals surface area contributed by atoms with Crippen LogP contribution in [0.5, 0.6) is 0 Å². The monoisotopic (exact) mass is 262 g/mol. The summed E-state index contributed by atoms with van der Waals surface area (Å²) < 4.78 is 2.05. The molecule has 0 amide bonds. The van der Waals surface area contributed by atoms with Gasteiger partial charge in [-0.2, -0.15) is 0 Å². The zero-order chi connectivity index (χ0) is 13.8. The predicted molar refractivity (Wildman–Crippen MR) is 72.4 cm³/mol. The summed E-state index contributed by atoms with van der Waals surface area (Å²) in [5.41, 5.74) is 1.65. The summed E-state index contributed by atoms with van der Waals surface area (Å²) in [6.07, 6.45) is 2.35. The van der Waals surface area contributed by atoms with E-state index < -0.39 is 5.97 Å². The first-order chi connectivity index (χ1) is 9.19. The lowest BCUT2D eigenvalue weighted by Crippen LogP contribution is -2.04. The molecule has 1 heterocycles. The Kier molecular flexibility index (Phi) is 4.16. The summed E-state index contributed by atoms with van der Waals surface area (Å²) >= 11 is 0. The highest BCUT2D eigenvalue weighted by Crippen LogP contribution is 2.21. The number of benzene rings is 1. The Bertz CT molecular complexity index is 590. The lowest BCUT2D eigenvalue weighted by Gasteiger charge is -2.07. The molecular formula is C14H18N2O3. The third-order valence-corrected chi connectivity index (χ3v) is 3.19. The number of carboxylic acid groups (broad SMARTS) is 1. The Morgan fingerprint density at radius 3 is 2.79 bits per heavy atom. The molecule has 5 heteroatoms. The molecule has 1 aromatic carbocycles. The molecule has 2 N–H and O–H groups in total. The number of rotatable bonds is 6. The van der Waals surface area contributed by atoms with Crippen molar-refractivity contribution >= 4 is 17.0 Å². The van der Waals surface area contributed by atoms with E-state index in [1.54, 1.807) is 12.1 Å². The minimum atomic E-state index is -0.951. The second kappa shape index (κ2) is 5.84. The van der Waals surface area contributed by atoms with Crippen molar-refractivity contribution in [1.29, 1.82) is 0 Å². The maximum atomic E-state index is 11.2. The summed E-state index contributed by atoms with van der Waals surface area (Å²) in [6.45, 7) is 2.93. The molecule has 0 spiro atoms. The summed E-state index contributed by atoms with van der Waals surface area (Å²) in [5.74, 6) is -0.0603. The first kappa shape index (κ1) is 13.5. The number of hydrogen-bond donors (Lipinski definition) is 2. The van der Waals surface area contributed by atoms with E-state index in [1.165, 1.54) is 0 Å². The van der Waals surface area contributed by atoms with Crippen molar-refractivity contribution in [3.8, 4) is 0 Å². The van der Waals surface area contributed by atoms with E-state index >= 15 is 0 Å². The molecule has 0 aliphatic carbocycles. The average molecular weight is 262 g/mol. The lowest BCUT2D eigenvalue weighted by molar-refractivity contribution is 0.0699. The predicted octanol–water partition coefficient (Wildman–Crippen LogP) is 2.07. The zero-order valence-corrected chi connectivity index (χ0v) is 11.0. The molecule has 19 heavy (non-hydrogen) atoms. The number of aliphatic hydroxyl groups is 1. The highest BCUT2D eigenvalue weighted by Gasteiger charge is 2.15. The Hall–Kier alpha value is -1.88. The highest BCUT2D eigenvalue weighted by atomic mass is 16.4. The van der Waals surface area contributed by atoms with Crippen LogP contribution in [0.1, 0.15) is 35.9 Å². The van der Waals surface area contributed by atoms with Gasteiger partial charge in [-0.05, 0) is 25.0 Å². The van der Waals surface area contributed by atoms with E-state index in [4.69, 9.17) is 5.11 Å². The molecule has 102 valence electrons. The maximum Gasteiger partial charge on any atom is 0.337 e. The fraction of sp³-hybridized carbons (Fsp3) is 0.429. The van der Waals surface area contributed by atoms with E-state index in [1.807, 2.05) is 13.0 Å². The fourth-order valence-electron chi connectivity index (χ4n) is 2.27. The number of aliphatic hydroxyl groups excluding tert-OH is 1. The van der Waals surface area contributed by atoms with Gasteiger partial charge in [0.2, 0.25) is 0 Å². The molecule has 0 saturated heterocycles. The molecule has 0 fully saturated rings. The van der Waals surface area contributed by atoms with Gasteiger partial charge in [0.25, 0.3) is 0 Å². The largest absolute Gasteiger partial charge is 0.478 e. The Labute approximate surface area is 111 Å². The van der Waals surface area contributed by atoms with Crippen LogP contribution in [0.15, 0.2) is 18.2 Å². The van der Waals surface area contributed by atoms with Crippen LogP contribution < -0.4 is 0 Å². The van der Waals surface area contributed by atoms with Crippen molar-refractivity contribution in [3.63, 3.8) is 0 Å². The highest BCUT2D eigenvalue weighted by molar-refractivity contribution is 6.01. The number of aromatic nitrogens is 2. The van der Waals surface area contributed by atoms with Gasteiger partial charge in [0.05, 0.1) is 11.1 Å². The van der Waals surface area contributed by atoms with E-state index in [0.29, 0.717) is 5.52 Å². The first-order valence-corrected chi connectivity index (χ1v) is 6.51. The third-order valence-electron chi connectivity index (χ3n) is 3.19. The zero-order valence-electron chi connectivity index (χ0n) is 11.0. The number of unbranched alkanes of at least 4 members (excludes halogenated alkanes) is 1. The van der Waals surface area contributed by atoms with E-state index in [-0.39, 0.29) is 12.2 Å². The van der Waals surface area contributed by atoms with Gasteiger partial charge < -0.3 is 14.8 Å². The van der Waals surface area contributed by atoms with Crippen LogP contribution in [-0.4, -0.2) is 32.3 Å². The molecular weight excluding hydrogens is 244 g/mol. The molecule has 5 nitrogen and oxygen atoms in total. The smallest absolute Gasteiger partial charge is 0.337 e. The van der Waals surface area contributed by atoms with Crippen molar-refractivity contribution in [1.82, 2.24) is 9.55 Å². The van der Waals surface area contributed by atoms with Crippen LogP contribution in [0.25, 0.3) is 11.0 Å². The fourth-order valence-corrected chi connectivity index (χ4v) is 2.27. The number of carboxylic acids is 1. The van der Waals surface area contributed by atoms with E-state index in [0.717, 1.165) is 37.1 Å². The topological polar surface area (TPSA) is 75.3 Å². The standard InChI is InChI=1S/C14H18N2O3/c1-2-12-15-13-10(14(18)19)6-5-7-11(13)16(12)8-3-4-9-17/h5-7,17H,2-4,8-9H2,1H3,(H,18,19). The van der Waals surface area contributed by atoms with Gasteiger partial charge in [-0.3, -0.25) is 0 Å². The molecule has 1 aromatic heterocycles. The first-order valence-electron chi connectivity index (χ1n) is 6.51. The SMILES string of the molecule is CCc1nc2c(C(=O)O)cccc2n1CCCCO. The maximum absolute atomic E-state index is 11.2. The van der Waals surface area contributed by atoms with Gasteiger partial charge >= 0.3 is 5.97 Å². The molecule has 0 aliphatic rings. The number of nitrogens with zero attached hydrogens (tertiary/aromatic N) is 2. The number of fused-ring (bicyclic) bond motifs is 1. The quantitative estimate of drug-likeness (QED) is 0.781. The van der Waals surface area contributed by atoms with Gasteiger partial charge in [-0.15, -0.1) is 0 Å². The van der Waals surface area contributed by atoms with Crippen LogP contribution in [-0.2, 0) is 13.0 Å². The summed E-state index contributed by atoms with van der Waals surface area (Å²) in [5, 5.41) is 18.0. The number of para-hydroxylation sites is 1. The molecule has 0 aliphatic heterocycles. The molecule has 0 saturated carbocycles. The van der Waals surface area contributed by atoms with Crippen molar-refractivity contribution in [2.45, 2.75) is 32.7 Å². The molecule has 0 unspecified atom stereocenters. The van der Waals surface area contributed by atoms with Crippen molar-refractivity contribution in [2.75, 3.05) is 6.61 Å². The molecule has 0 radical (unpaired) electrons. The second-order valence-electron chi connectivity index (χ2n) is 4.44. The normalized spacial score (nSPS) is 11.1. The van der Waals surface area contributed by atoms with Gasteiger partial charge in [-0.25, -0.2) is 9.78 Å². The minimum Gasteiger partial charge on any atom is -0.478 e. The van der Waals surface area contributed by atoms with Gasteiger partial charge in [0.15, 0.2) is 0 Å². The van der Waals surface area contributed by atoms with Crippen molar-refractivity contribution < 1.29 is 15.0 Å². The molecule has 0 atom stereocenters. The number of imidazole rings is 1. The Morgan fingerprint density at radius 1 is 1.37 bits per heavy atom. The Morgan fingerprint density at radius 2 is 2.16 bits per heavy atom. The van der Waals surface area contributed by atoms with E-state index in [9.17, 15) is 9.90 Å². The van der Waals surface area contributed by atoms with Gasteiger partial charge in [-0.1, -0.05) is 13.0 Å². The molecule has 2 aromatic rings. The number of carbonyl (C=O) groups is 1. The number of hydrogen-bond acceptors (Lipinski definition) is 3. The number of aromatic carboxylic acids is 1. The van der Waals surface area contributed by atoms with Crippen LogP contribution >= 0.6 is 0 Å². The van der Waals surface area contributed by atoms with Crippen LogP contribution in [0, 0.1) is 0 Å². The molecule has 2 rings (SSSR count).